The predicted octanol–water partition coefficient (Wildman–Crippen LogP) is 5.89. The number of anilines is 2. The smallest absolute Gasteiger partial charge is 0.227 e. The van der Waals surface area contributed by atoms with Crippen molar-refractivity contribution in [3.05, 3.63) is 59.1 Å². The van der Waals surface area contributed by atoms with Gasteiger partial charge in [-0.05, 0) is 41.5 Å². The summed E-state index contributed by atoms with van der Waals surface area (Å²) in [7, 11) is 3.92. The molecule has 0 spiro atoms. The monoisotopic (exact) mass is 414 g/mol. The van der Waals surface area contributed by atoms with Gasteiger partial charge in [0.25, 0.3) is 0 Å². The Morgan fingerprint density at radius 2 is 1.86 bits per heavy atom. The van der Waals surface area contributed by atoms with Gasteiger partial charge in [0.1, 0.15) is 5.82 Å². The Labute approximate surface area is 176 Å². The van der Waals surface area contributed by atoms with Gasteiger partial charge in [-0.15, -0.1) is 0 Å². The summed E-state index contributed by atoms with van der Waals surface area (Å²) < 4.78 is 0. The second-order valence-electron chi connectivity index (χ2n) is 7.44. The minimum Gasteiger partial charge on any atom is -0.368 e. The van der Waals surface area contributed by atoms with E-state index in [9.17, 15) is 0 Å². The van der Waals surface area contributed by atoms with Crippen molar-refractivity contribution in [1.82, 2.24) is 9.97 Å². The molecular formula is C22H27ClN4S. The van der Waals surface area contributed by atoms with Crippen molar-refractivity contribution in [2.45, 2.75) is 19.1 Å². The number of hydrogen-bond acceptors (Lipinski definition) is 5. The fourth-order valence-corrected chi connectivity index (χ4v) is 4.23. The van der Waals surface area contributed by atoms with E-state index in [1.807, 2.05) is 61.1 Å². The average Bonchev–Trinajstić information content (AvgIpc) is 2.67. The normalized spacial score (nSPS) is 12.4. The number of para-hydroxylation sites is 1. The molecule has 1 N–H and O–H groups in total. The molecular weight excluding hydrogens is 388 g/mol. The van der Waals surface area contributed by atoms with Gasteiger partial charge in [0.05, 0.1) is 5.52 Å². The van der Waals surface area contributed by atoms with Crippen LogP contribution in [0, 0.1) is 5.92 Å². The van der Waals surface area contributed by atoms with Crippen molar-refractivity contribution in [2.75, 3.05) is 36.6 Å². The zero-order chi connectivity index (χ0) is 20.1. The third-order valence-corrected chi connectivity index (χ3v) is 6.23. The van der Waals surface area contributed by atoms with Crippen LogP contribution in [0.25, 0.3) is 10.9 Å². The van der Waals surface area contributed by atoms with Crippen molar-refractivity contribution >= 4 is 46.0 Å². The molecule has 6 heteroatoms. The van der Waals surface area contributed by atoms with Gasteiger partial charge < -0.3 is 10.2 Å². The summed E-state index contributed by atoms with van der Waals surface area (Å²) >= 11 is 8.20. The highest BCUT2D eigenvalue weighted by atomic mass is 35.5. The molecule has 0 amide bonds. The third kappa shape index (κ3) is 5.30. The first kappa shape index (κ1) is 20.7. The van der Waals surface area contributed by atoms with Gasteiger partial charge in [-0.2, -0.15) is 16.7 Å². The number of halogens is 1. The van der Waals surface area contributed by atoms with Crippen LogP contribution in [0.2, 0.25) is 5.02 Å². The van der Waals surface area contributed by atoms with Gasteiger partial charge in [-0.1, -0.05) is 49.7 Å². The third-order valence-electron chi connectivity index (χ3n) is 4.30. The van der Waals surface area contributed by atoms with Gasteiger partial charge in [0.2, 0.25) is 5.95 Å². The Bertz CT molecular complexity index is 929. The average molecular weight is 415 g/mol. The summed E-state index contributed by atoms with van der Waals surface area (Å²) in [5.41, 5.74) is 2.18. The summed E-state index contributed by atoms with van der Waals surface area (Å²) in [5.74, 6) is 3.29. The maximum atomic E-state index is 6.25. The molecule has 0 aliphatic rings. The number of nitrogens with one attached hydrogen (secondary N) is 1. The Hall–Kier alpha value is -1.98. The first-order valence-corrected chi connectivity index (χ1v) is 10.9. The first-order valence-electron chi connectivity index (χ1n) is 9.49. The molecule has 0 fully saturated rings. The van der Waals surface area contributed by atoms with E-state index in [0.717, 1.165) is 34.0 Å². The van der Waals surface area contributed by atoms with Crippen LogP contribution >= 0.6 is 23.4 Å². The predicted molar refractivity (Wildman–Crippen MR) is 124 cm³/mol. The SMILES string of the molecule is CC(C)CSC(CNc1nc(N(C)C)nc2ccccc12)c1cccc(Cl)c1. The minimum absolute atomic E-state index is 0.289. The maximum absolute atomic E-state index is 6.25. The van der Waals surface area contributed by atoms with Crippen LogP contribution < -0.4 is 10.2 Å². The van der Waals surface area contributed by atoms with Gasteiger partial charge in [0, 0.05) is 36.3 Å². The van der Waals surface area contributed by atoms with Crippen molar-refractivity contribution < 1.29 is 0 Å². The molecule has 3 aromatic rings. The van der Waals surface area contributed by atoms with Gasteiger partial charge >= 0.3 is 0 Å². The number of nitrogens with zero attached hydrogens (tertiary/aromatic N) is 3. The van der Waals surface area contributed by atoms with Crippen molar-refractivity contribution in [2.24, 2.45) is 5.92 Å². The fraction of sp³-hybridized carbons (Fsp3) is 0.364. The van der Waals surface area contributed by atoms with E-state index in [4.69, 9.17) is 16.6 Å². The lowest BCUT2D eigenvalue weighted by molar-refractivity contribution is 0.747. The van der Waals surface area contributed by atoms with E-state index in [0.29, 0.717) is 11.9 Å². The number of hydrogen-bond donors (Lipinski definition) is 1. The number of benzene rings is 2. The van der Waals surface area contributed by atoms with Crippen LogP contribution in [-0.4, -0.2) is 36.4 Å². The molecule has 1 aromatic heterocycles. The van der Waals surface area contributed by atoms with Crippen molar-refractivity contribution in [1.29, 1.82) is 0 Å². The van der Waals surface area contributed by atoms with Crippen LogP contribution in [-0.2, 0) is 0 Å². The lowest BCUT2D eigenvalue weighted by Gasteiger charge is -2.21. The minimum atomic E-state index is 0.289. The Balaban J connectivity index is 1.88. The summed E-state index contributed by atoms with van der Waals surface area (Å²) in [6, 6.07) is 16.3. The van der Waals surface area contributed by atoms with E-state index in [1.165, 1.54) is 5.56 Å². The highest BCUT2D eigenvalue weighted by molar-refractivity contribution is 7.99. The molecule has 4 nitrogen and oxygen atoms in total. The second kappa shape index (κ2) is 9.48. The van der Waals surface area contributed by atoms with Crippen molar-refractivity contribution in [3.8, 4) is 0 Å². The second-order valence-corrected chi connectivity index (χ2v) is 9.11. The molecule has 0 saturated heterocycles. The summed E-state index contributed by atoms with van der Waals surface area (Å²) in [6.45, 7) is 5.26. The molecule has 28 heavy (non-hydrogen) atoms. The summed E-state index contributed by atoms with van der Waals surface area (Å²) in [6.07, 6.45) is 0. The van der Waals surface area contributed by atoms with Crippen LogP contribution in [0.15, 0.2) is 48.5 Å². The van der Waals surface area contributed by atoms with E-state index in [2.05, 4.69) is 42.3 Å². The van der Waals surface area contributed by atoms with E-state index < -0.39 is 0 Å². The molecule has 0 aliphatic carbocycles. The molecule has 1 heterocycles. The van der Waals surface area contributed by atoms with Crippen LogP contribution in [0.4, 0.5) is 11.8 Å². The summed E-state index contributed by atoms with van der Waals surface area (Å²) in [4.78, 5) is 11.3. The zero-order valence-electron chi connectivity index (χ0n) is 16.8. The number of aromatic nitrogens is 2. The number of rotatable bonds is 8. The van der Waals surface area contributed by atoms with E-state index in [1.54, 1.807) is 0 Å². The van der Waals surface area contributed by atoms with Crippen LogP contribution in [0.1, 0.15) is 24.7 Å². The molecule has 0 aliphatic heterocycles. The highest BCUT2D eigenvalue weighted by Crippen LogP contribution is 2.33. The zero-order valence-corrected chi connectivity index (χ0v) is 18.4. The number of thioether (sulfide) groups is 1. The largest absolute Gasteiger partial charge is 0.368 e. The molecule has 0 radical (unpaired) electrons. The van der Waals surface area contributed by atoms with Gasteiger partial charge in [-0.3, -0.25) is 0 Å². The topological polar surface area (TPSA) is 41.1 Å². The van der Waals surface area contributed by atoms with Crippen molar-refractivity contribution in [3.63, 3.8) is 0 Å². The quantitative estimate of drug-likeness (QED) is 0.497. The molecule has 0 saturated carbocycles. The molecule has 2 aromatic carbocycles. The van der Waals surface area contributed by atoms with Gasteiger partial charge in [-0.25, -0.2) is 4.98 Å². The Kier molecular flexibility index (Phi) is 7.03. The lowest BCUT2D eigenvalue weighted by Crippen LogP contribution is -2.16. The Morgan fingerprint density at radius 1 is 1.07 bits per heavy atom. The molecule has 1 atom stereocenters. The van der Waals surface area contributed by atoms with E-state index >= 15 is 0 Å². The van der Waals surface area contributed by atoms with Gasteiger partial charge in [0.15, 0.2) is 0 Å². The molecule has 0 bridgehead atoms. The molecule has 148 valence electrons. The summed E-state index contributed by atoms with van der Waals surface area (Å²) in [5, 5.41) is 5.68. The molecule has 3 rings (SSSR count). The Morgan fingerprint density at radius 3 is 2.57 bits per heavy atom. The highest BCUT2D eigenvalue weighted by Gasteiger charge is 2.16. The van der Waals surface area contributed by atoms with E-state index in [-0.39, 0.29) is 5.25 Å². The van der Waals surface area contributed by atoms with Crippen LogP contribution in [0.3, 0.4) is 0 Å². The fourth-order valence-electron chi connectivity index (χ4n) is 2.88. The maximum Gasteiger partial charge on any atom is 0.227 e. The lowest BCUT2D eigenvalue weighted by atomic mass is 10.1. The van der Waals surface area contributed by atoms with Crippen LogP contribution in [0.5, 0.6) is 0 Å². The molecule has 1 unspecified atom stereocenters. The number of fused-ring (bicyclic) bond motifs is 1. The standard InChI is InChI=1S/C22H27ClN4S/c1-15(2)14-28-20(16-8-7-9-17(23)12-16)13-24-21-18-10-5-6-11-19(18)25-22(26-21)27(3)4/h5-12,15,20H,13-14H2,1-4H3,(H,24,25,26). The first-order chi connectivity index (χ1) is 13.4.